The van der Waals surface area contributed by atoms with Crippen LogP contribution in [0, 0.1) is 6.92 Å². The summed E-state index contributed by atoms with van der Waals surface area (Å²) in [7, 11) is 0. The molecule has 0 unspecified atom stereocenters. The molecule has 0 saturated carbocycles. The van der Waals surface area contributed by atoms with E-state index in [2.05, 4.69) is 5.10 Å². The number of benzene rings is 1. The van der Waals surface area contributed by atoms with Crippen molar-refractivity contribution in [1.29, 1.82) is 0 Å². The fourth-order valence-electron chi connectivity index (χ4n) is 2.51. The highest BCUT2D eigenvalue weighted by Gasteiger charge is 2.26. The molecule has 0 amide bonds. The third-order valence-corrected chi connectivity index (χ3v) is 3.41. The highest BCUT2D eigenvalue weighted by molar-refractivity contribution is 5.87. The van der Waals surface area contributed by atoms with Crippen molar-refractivity contribution in [2.75, 3.05) is 0 Å². The van der Waals surface area contributed by atoms with Crippen molar-refractivity contribution in [2.45, 2.75) is 26.2 Å². The van der Waals surface area contributed by atoms with Gasteiger partial charge in [0.25, 0.3) is 0 Å². The van der Waals surface area contributed by atoms with Crippen LogP contribution < -0.4 is 0 Å². The Morgan fingerprint density at radius 2 is 2.00 bits per heavy atom. The molecular weight excluding hydrogens is 228 g/mol. The normalized spacial score (nSPS) is 13.6. The first-order valence-corrected chi connectivity index (χ1v) is 6.08. The van der Waals surface area contributed by atoms with Crippen molar-refractivity contribution in [2.24, 2.45) is 0 Å². The minimum Gasteiger partial charge on any atom is -0.476 e. The summed E-state index contributed by atoms with van der Waals surface area (Å²) in [6.07, 6.45) is 2.74. The molecule has 0 saturated heterocycles. The third kappa shape index (κ3) is 1.61. The maximum absolute atomic E-state index is 11.2. The van der Waals surface area contributed by atoms with E-state index in [0.717, 1.165) is 36.2 Å². The van der Waals surface area contributed by atoms with E-state index >= 15 is 0 Å². The zero-order chi connectivity index (χ0) is 12.7. The predicted molar refractivity (Wildman–Crippen MR) is 67.3 cm³/mol. The largest absolute Gasteiger partial charge is 0.476 e. The fourth-order valence-corrected chi connectivity index (χ4v) is 2.51. The fraction of sp³-hybridized carbons (Fsp3) is 0.286. The maximum atomic E-state index is 11.2. The van der Waals surface area contributed by atoms with E-state index in [-0.39, 0.29) is 5.69 Å². The lowest BCUT2D eigenvalue weighted by Crippen LogP contribution is -2.04. The molecule has 3 rings (SSSR count). The summed E-state index contributed by atoms with van der Waals surface area (Å²) in [4.78, 5) is 11.2. The lowest BCUT2D eigenvalue weighted by molar-refractivity contribution is 0.0689. The van der Waals surface area contributed by atoms with Gasteiger partial charge in [-0.15, -0.1) is 0 Å². The standard InChI is InChI=1S/C14H14N2O2/c1-9-5-7-10(8-6-9)16-12-4-2-3-11(12)13(15-16)14(17)18/h5-8H,2-4H2,1H3,(H,17,18). The average Bonchev–Trinajstić information content (AvgIpc) is 2.91. The Bertz CT molecular complexity index is 611. The van der Waals surface area contributed by atoms with Crippen molar-refractivity contribution in [1.82, 2.24) is 9.78 Å². The van der Waals surface area contributed by atoms with Crippen LogP contribution in [0.1, 0.15) is 33.7 Å². The lowest BCUT2D eigenvalue weighted by atomic mass is 10.2. The molecule has 0 spiro atoms. The van der Waals surface area contributed by atoms with Gasteiger partial charge >= 0.3 is 5.97 Å². The van der Waals surface area contributed by atoms with E-state index < -0.39 is 5.97 Å². The van der Waals surface area contributed by atoms with Gasteiger partial charge in [0.1, 0.15) is 0 Å². The van der Waals surface area contributed by atoms with Gasteiger partial charge in [-0.25, -0.2) is 9.48 Å². The molecule has 0 fully saturated rings. The molecule has 4 nitrogen and oxygen atoms in total. The van der Waals surface area contributed by atoms with Crippen LogP contribution in [-0.2, 0) is 12.8 Å². The van der Waals surface area contributed by atoms with Crippen LogP contribution in [0.4, 0.5) is 0 Å². The van der Waals surface area contributed by atoms with Crippen molar-refractivity contribution < 1.29 is 9.90 Å². The van der Waals surface area contributed by atoms with Gasteiger partial charge in [-0.05, 0) is 38.3 Å². The van der Waals surface area contributed by atoms with Crippen LogP contribution in [0.3, 0.4) is 0 Å². The van der Waals surface area contributed by atoms with Gasteiger partial charge in [0.15, 0.2) is 5.69 Å². The minimum atomic E-state index is -0.931. The second-order valence-corrected chi connectivity index (χ2v) is 4.68. The van der Waals surface area contributed by atoms with E-state index in [0.29, 0.717) is 0 Å². The van der Waals surface area contributed by atoms with Crippen LogP contribution in [0.2, 0.25) is 0 Å². The number of aromatic carboxylic acids is 1. The van der Waals surface area contributed by atoms with Crippen molar-refractivity contribution in [3.8, 4) is 5.69 Å². The lowest BCUT2D eigenvalue weighted by Gasteiger charge is -2.05. The van der Waals surface area contributed by atoms with Gasteiger partial charge in [-0.3, -0.25) is 0 Å². The second kappa shape index (κ2) is 3.98. The quantitative estimate of drug-likeness (QED) is 0.879. The molecule has 1 aliphatic rings. The molecule has 2 aromatic rings. The Hall–Kier alpha value is -2.10. The van der Waals surface area contributed by atoms with Gasteiger partial charge in [-0.2, -0.15) is 5.10 Å². The van der Waals surface area contributed by atoms with E-state index in [1.165, 1.54) is 5.56 Å². The SMILES string of the molecule is Cc1ccc(-n2nc(C(=O)O)c3c2CCC3)cc1. The molecule has 1 aliphatic carbocycles. The van der Waals surface area contributed by atoms with Crippen LogP contribution in [0.5, 0.6) is 0 Å². The highest BCUT2D eigenvalue weighted by atomic mass is 16.4. The Kier molecular flexibility index (Phi) is 2.44. The highest BCUT2D eigenvalue weighted by Crippen LogP contribution is 2.27. The molecule has 1 N–H and O–H groups in total. The number of carbonyl (C=O) groups is 1. The predicted octanol–water partition coefficient (Wildman–Crippen LogP) is 2.37. The number of rotatable bonds is 2. The monoisotopic (exact) mass is 242 g/mol. The number of hydrogen-bond donors (Lipinski definition) is 1. The Morgan fingerprint density at radius 3 is 2.67 bits per heavy atom. The van der Waals surface area contributed by atoms with E-state index in [1.807, 2.05) is 31.2 Å². The van der Waals surface area contributed by atoms with Crippen molar-refractivity contribution in [3.05, 3.63) is 46.8 Å². The summed E-state index contributed by atoms with van der Waals surface area (Å²) in [5.74, 6) is -0.931. The third-order valence-electron chi connectivity index (χ3n) is 3.41. The topological polar surface area (TPSA) is 55.1 Å². The van der Waals surface area contributed by atoms with Gasteiger partial charge < -0.3 is 5.11 Å². The summed E-state index contributed by atoms with van der Waals surface area (Å²) in [5, 5.41) is 13.4. The van der Waals surface area contributed by atoms with Crippen LogP contribution >= 0.6 is 0 Å². The van der Waals surface area contributed by atoms with Gasteiger partial charge in [0, 0.05) is 11.3 Å². The summed E-state index contributed by atoms with van der Waals surface area (Å²) >= 11 is 0. The number of nitrogens with zero attached hydrogens (tertiary/aromatic N) is 2. The minimum absolute atomic E-state index is 0.211. The Labute approximate surface area is 105 Å². The van der Waals surface area contributed by atoms with E-state index in [1.54, 1.807) is 4.68 Å². The van der Waals surface area contributed by atoms with Gasteiger partial charge in [0.05, 0.1) is 5.69 Å². The van der Waals surface area contributed by atoms with Gasteiger partial charge in [0.2, 0.25) is 0 Å². The molecule has 1 aromatic heterocycles. The van der Waals surface area contributed by atoms with E-state index in [9.17, 15) is 9.90 Å². The summed E-state index contributed by atoms with van der Waals surface area (Å²) in [5.41, 5.74) is 4.29. The second-order valence-electron chi connectivity index (χ2n) is 4.68. The Morgan fingerprint density at radius 1 is 1.28 bits per heavy atom. The van der Waals surface area contributed by atoms with Crippen LogP contribution in [0.25, 0.3) is 5.69 Å². The molecular formula is C14H14N2O2. The number of aryl methyl sites for hydroxylation is 1. The maximum Gasteiger partial charge on any atom is 0.356 e. The molecule has 1 heterocycles. The van der Waals surface area contributed by atoms with Crippen LogP contribution in [-0.4, -0.2) is 20.9 Å². The molecule has 92 valence electrons. The zero-order valence-electron chi connectivity index (χ0n) is 10.2. The average molecular weight is 242 g/mol. The smallest absolute Gasteiger partial charge is 0.356 e. The van der Waals surface area contributed by atoms with Crippen molar-refractivity contribution in [3.63, 3.8) is 0 Å². The first-order valence-electron chi connectivity index (χ1n) is 6.08. The summed E-state index contributed by atoms with van der Waals surface area (Å²) < 4.78 is 1.78. The first kappa shape index (κ1) is 11.0. The van der Waals surface area contributed by atoms with Crippen molar-refractivity contribution >= 4 is 5.97 Å². The number of carboxylic acid groups (broad SMARTS) is 1. The zero-order valence-corrected chi connectivity index (χ0v) is 10.2. The molecule has 18 heavy (non-hydrogen) atoms. The number of carboxylic acids is 1. The number of fused-ring (bicyclic) bond motifs is 1. The van der Waals surface area contributed by atoms with E-state index in [4.69, 9.17) is 0 Å². The summed E-state index contributed by atoms with van der Waals surface area (Å²) in [6, 6.07) is 7.98. The molecule has 0 atom stereocenters. The molecule has 0 bridgehead atoms. The van der Waals surface area contributed by atoms with Gasteiger partial charge in [-0.1, -0.05) is 17.7 Å². The molecule has 4 heteroatoms. The molecule has 0 aliphatic heterocycles. The Balaban J connectivity index is 2.15. The van der Waals surface area contributed by atoms with Crippen LogP contribution in [0.15, 0.2) is 24.3 Å². The molecule has 1 aromatic carbocycles. The molecule has 0 radical (unpaired) electrons. The first-order chi connectivity index (χ1) is 8.66. The number of aromatic nitrogens is 2. The number of hydrogen-bond acceptors (Lipinski definition) is 2. The summed E-state index contributed by atoms with van der Waals surface area (Å²) in [6.45, 7) is 2.03.